The lowest BCUT2D eigenvalue weighted by Crippen LogP contribution is -2.30. The number of aromatic hydroxyl groups is 1. The van der Waals surface area contributed by atoms with Crippen LogP contribution < -0.4 is 10.6 Å². The first kappa shape index (κ1) is 14.4. The lowest BCUT2D eigenvalue weighted by Gasteiger charge is -2.09. The van der Waals surface area contributed by atoms with Gasteiger partial charge >= 0.3 is 6.03 Å². The third-order valence-electron chi connectivity index (χ3n) is 2.79. The number of halogens is 1. The summed E-state index contributed by atoms with van der Waals surface area (Å²) >= 11 is 3.47. The molecule has 5 heteroatoms. The molecule has 0 saturated heterocycles. The van der Waals surface area contributed by atoms with E-state index in [0.717, 1.165) is 16.5 Å². The second-order valence-corrected chi connectivity index (χ2v) is 5.09. The molecule has 20 heavy (non-hydrogen) atoms. The van der Waals surface area contributed by atoms with Crippen LogP contribution in [0.5, 0.6) is 5.75 Å². The Labute approximate surface area is 126 Å². The monoisotopic (exact) mass is 334 g/mol. The molecule has 2 aromatic carbocycles. The first-order valence-electron chi connectivity index (χ1n) is 6.23. The molecular formula is C15H15BrN2O2. The number of para-hydroxylation sites is 2. The van der Waals surface area contributed by atoms with E-state index < -0.39 is 0 Å². The summed E-state index contributed by atoms with van der Waals surface area (Å²) in [6, 6.07) is 14.2. The molecule has 0 spiro atoms. The quantitative estimate of drug-likeness (QED) is 0.749. The van der Waals surface area contributed by atoms with E-state index in [-0.39, 0.29) is 11.8 Å². The van der Waals surface area contributed by atoms with Gasteiger partial charge in [0.15, 0.2) is 0 Å². The van der Waals surface area contributed by atoms with Crippen molar-refractivity contribution < 1.29 is 9.90 Å². The standard InChI is InChI=1S/C15H15BrN2O2/c16-12-6-2-1-5-11(12)9-10-17-15(20)18-13-7-3-4-8-14(13)19/h1-8,19H,9-10H2,(H2,17,18,20). The van der Waals surface area contributed by atoms with Crippen LogP contribution >= 0.6 is 15.9 Å². The van der Waals surface area contributed by atoms with Gasteiger partial charge in [-0.15, -0.1) is 0 Å². The van der Waals surface area contributed by atoms with Crippen LogP contribution in [0.3, 0.4) is 0 Å². The molecule has 0 atom stereocenters. The number of urea groups is 1. The molecule has 0 bridgehead atoms. The average Bonchev–Trinajstić information content (AvgIpc) is 2.43. The maximum Gasteiger partial charge on any atom is 0.319 e. The fraction of sp³-hybridized carbons (Fsp3) is 0.133. The fourth-order valence-electron chi connectivity index (χ4n) is 1.76. The Hall–Kier alpha value is -2.01. The van der Waals surface area contributed by atoms with Crippen LogP contribution in [-0.2, 0) is 6.42 Å². The SMILES string of the molecule is O=C(NCCc1ccccc1Br)Nc1ccccc1O. The minimum atomic E-state index is -0.335. The van der Waals surface area contributed by atoms with Gasteiger partial charge in [0.05, 0.1) is 5.69 Å². The Morgan fingerprint density at radius 2 is 1.80 bits per heavy atom. The van der Waals surface area contributed by atoms with Crippen LogP contribution in [0.4, 0.5) is 10.5 Å². The van der Waals surface area contributed by atoms with Gasteiger partial charge in [0.25, 0.3) is 0 Å². The zero-order valence-electron chi connectivity index (χ0n) is 10.8. The summed E-state index contributed by atoms with van der Waals surface area (Å²) in [5.74, 6) is 0.0495. The Morgan fingerprint density at radius 1 is 1.10 bits per heavy atom. The van der Waals surface area contributed by atoms with Crippen LogP contribution in [0.15, 0.2) is 53.0 Å². The van der Waals surface area contributed by atoms with Gasteiger partial charge in [0.1, 0.15) is 5.75 Å². The molecule has 0 radical (unpaired) electrons. The number of amides is 2. The number of carbonyl (C=O) groups excluding carboxylic acids is 1. The maximum atomic E-state index is 11.7. The smallest absolute Gasteiger partial charge is 0.319 e. The minimum absolute atomic E-state index is 0.0495. The van der Waals surface area contributed by atoms with Crippen LogP contribution in [0.2, 0.25) is 0 Å². The molecule has 0 heterocycles. The van der Waals surface area contributed by atoms with E-state index in [1.807, 2.05) is 24.3 Å². The third-order valence-corrected chi connectivity index (χ3v) is 3.56. The van der Waals surface area contributed by atoms with E-state index >= 15 is 0 Å². The summed E-state index contributed by atoms with van der Waals surface area (Å²) in [6.45, 7) is 0.516. The highest BCUT2D eigenvalue weighted by Crippen LogP contribution is 2.21. The molecule has 0 aliphatic heterocycles. The van der Waals surface area contributed by atoms with Crippen LogP contribution in [0.25, 0.3) is 0 Å². The van der Waals surface area contributed by atoms with Gasteiger partial charge in [0, 0.05) is 11.0 Å². The number of anilines is 1. The van der Waals surface area contributed by atoms with E-state index in [1.54, 1.807) is 18.2 Å². The zero-order chi connectivity index (χ0) is 14.4. The summed E-state index contributed by atoms with van der Waals surface area (Å²) in [5.41, 5.74) is 1.53. The highest BCUT2D eigenvalue weighted by molar-refractivity contribution is 9.10. The topological polar surface area (TPSA) is 61.4 Å². The van der Waals surface area contributed by atoms with Crippen molar-refractivity contribution in [3.63, 3.8) is 0 Å². The molecule has 0 fully saturated rings. The molecule has 0 saturated carbocycles. The lowest BCUT2D eigenvalue weighted by molar-refractivity contribution is 0.252. The van der Waals surface area contributed by atoms with Crippen molar-refractivity contribution in [1.82, 2.24) is 5.32 Å². The number of hydrogen-bond donors (Lipinski definition) is 3. The number of phenols is 1. The Bertz CT molecular complexity index is 602. The number of rotatable bonds is 4. The van der Waals surface area contributed by atoms with Gasteiger partial charge in [0.2, 0.25) is 0 Å². The predicted octanol–water partition coefficient (Wildman–Crippen LogP) is 3.52. The highest BCUT2D eigenvalue weighted by Gasteiger charge is 2.05. The van der Waals surface area contributed by atoms with E-state index in [1.165, 1.54) is 6.07 Å². The Kier molecular flexibility index (Phi) is 5.01. The van der Waals surface area contributed by atoms with Crippen molar-refractivity contribution in [2.75, 3.05) is 11.9 Å². The molecule has 4 nitrogen and oxygen atoms in total. The van der Waals surface area contributed by atoms with E-state index in [2.05, 4.69) is 26.6 Å². The molecule has 0 unspecified atom stereocenters. The number of phenolic OH excluding ortho intramolecular Hbond substituents is 1. The van der Waals surface area contributed by atoms with Crippen molar-refractivity contribution in [3.8, 4) is 5.75 Å². The van der Waals surface area contributed by atoms with Crippen LogP contribution in [0.1, 0.15) is 5.56 Å². The number of benzene rings is 2. The molecule has 0 aliphatic carbocycles. The van der Waals surface area contributed by atoms with Crippen molar-refractivity contribution in [1.29, 1.82) is 0 Å². The van der Waals surface area contributed by atoms with Crippen molar-refractivity contribution in [3.05, 3.63) is 58.6 Å². The van der Waals surface area contributed by atoms with Crippen molar-refractivity contribution in [2.24, 2.45) is 0 Å². The highest BCUT2D eigenvalue weighted by atomic mass is 79.9. The van der Waals surface area contributed by atoms with Gasteiger partial charge < -0.3 is 15.7 Å². The molecule has 3 N–H and O–H groups in total. The van der Waals surface area contributed by atoms with Gasteiger partial charge in [-0.2, -0.15) is 0 Å². The molecule has 2 aromatic rings. The Morgan fingerprint density at radius 3 is 2.55 bits per heavy atom. The van der Waals surface area contributed by atoms with Gasteiger partial charge in [-0.05, 0) is 30.2 Å². The molecule has 0 aromatic heterocycles. The largest absolute Gasteiger partial charge is 0.506 e. The minimum Gasteiger partial charge on any atom is -0.506 e. The second kappa shape index (κ2) is 6.96. The fourth-order valence-corrected chi connectivity index (χ4v) is 2.24. The van der Waals surface area contributed by atoms with Gasteiger partial charge in [-0.25, -0.2) is 4.79 Å². The van der Waals surface area contributed by atoms with E-state index in [4.69, 9.17) is 0 Å². The molecule has 2 rings (SSSR count). The maximum absolute atomic E-state index is 11.7. The summed E-state index contributed by atoms with van der Waals surface area (Å²) in [5, 5.41) is 14.9. The third kappa shape index (κ3) is 3.99. The predicted molar refractivity (Wildman–Crippen MR) is 83.0 cm³/mol. The lowest BCUT2D eigenvalue weighted by atomic mass is 10.1. The number of hydrogen-bond acceptors (Lipinski definition) is 2. The first-order chi connectivity index (χ1) is 9.66. The Balaban J connectivity index is 1.82. The number of carbonyl (C=O) groups is 1. The molecular weight excluding hydrogens is 320 g/mol. The summed E-state index contributed by atoms with van der Waals surface area (Å²) in [7, 11) is 0. The normalized spacial score (nSPS) is 10.1. The van der Waals surface area contributed by atoms with E-state index in [0.29, 0.717) is 12.2 Å². The second-order valence-electron chi connectivity index (χ2n) is 4.24. The summed E-state index contributed by atoms with van der Waals surface area (Å²) in [6.07, 6.45) is 0.732. The molecule has 2 amide bonds. The molecule has 0 aliphatic rings. The molecule has 104 valence electrons. The van der Waals surface area contributed by atoms with Crippen molar-refractivity contribution in [2.45, 2.75) is 6.42 Å². The summed E-state index contributed by atoms with van der Waals surface area (Å²) < 4.78 is 1.03. The zero-order valence-corrected chi connectivity index (χ0v) is 12.4. The van der Waals surface area contributed by atoms with Crippen molar-refractivity contribution >= 4 is 27.6 Å². The first-order valence-corrected chi connectivity index (χ1v) is 7.02. The van der Waals surface area contributed by atoms with Gasteiger partial charge in [-0.1, -0.05) is 46.3 Å². The van der Waals surface area contributed by atoms with Gasteiger partial charge in [-0.3, -0.25) is 0 Å². The summed E-state index contributed by atoms with van der Waals surface area (Å²) in [4.78, 5) is 11.7. The number of nitrogens with one attached hydrogen (secondary N) is 2. The van der Waals surface area contributed by atoms with Crippen LogP contribution in [0, 0.1) is 0 Å². The average molecular weight is 335 g/mol. The van der Waals surface area contributed by atoms with E-state index in [9.17, 15) is 9.90 Å². The van der Waals surface area contributed by atoms with Crippen LogP contribution in [-0.4, -0.2) is 17.7 Å².